The van der Waals surface area contributed by atoms with Crippen molar-refractivity contribution in [1.29, 1.82) is 0 Å². The van der Waals surface area contributed by atoms with E-state index in [9.17, 15) is 9.59 Å². The van der Waals surface area contributed by atoms with Gasteiger partial charge in [-0.05, 0) is 18.9 Å². The minimum absolute atomic E-state index is 0. The molecule has 2 rings (SSSR count). The molecule has 21 heavy (non-hydrogen) atoms. The summed E-state index contributed by atoms with van der Waals surface area (Å²) in [6, 6.07) is 3.30. The van der Waals surface area contributed by atoms with Crippen molar-refractivity contribution in [2.24, 2.45) is 0 Å². The van der Waals surface area contributed by atoms with Crippen LogP contribution in [0.15, 0.2) is 16.9 Å². The molecule has 0 radical (unpaired) electrons. The number of nitrogens with one attached hydrogen (secondary N) is 3. The highest BCUT2D eigenvalue weighted by molar-refractivity contribution is 5.91. The fourth-order valence-electron chi connectivity index (χ4n) is 2.50. The lowest BCUT2D eigenvalue weighted by Gasteiger charge is -2.16. The highest BCUT2D eigenvalue weighted by Gasteiger charge is 2.11. The number of hydrogen-bond donors (Lipinski definition) is 3. The van der Waals surface area contributed by atoms with Crippen LogP contribution in [0, 0.1) is 0 Å². The van der Waals surface area contributed by atoms with Gasteiger partial charge in [0.15, 0.2) is 0 Å². The van der Waals surface area contributed by atoms with Crippen molar-refractivity contribution in [3.63, 3.8) is 0 Å². The maximum absolute atomic E-state index is 11.7. The Hall–Kier alpha value is -1.40. The van der Waals surface area contributed by atoms with Gasteiger partial charge in [0.25, 0.3) is 11.5 Å². The molecule has 0 aliphatic heterocycles. The van der Waals surface area contributed by atoms with Gasteiger partial charge in [0.2, 0.25) is 0 Å². The van der Waals surface area contributed by atoms with Crippen LogP contribution in [0.2, 0.25) is 0 Å². The van der Waals surface area contributed by atoms with Crippen LogP contribution >= 0.6 is 12.4 Å². The molecule has 6 nitrogen and oxygen atoms in total. The number of H-pyrrole nitrogens is 1. The number of halogens is 1. The van der Waals surface area contributed by atoms with E-state index in [0.29, 0.717) is 12.6 Å². The molecule has 1 amide bonds. The monoisotopic (exact) mass is 314 g/mol. The summed E-state index contributed by atoms with van der Waals surface area (Å²) in [6.45, 7) is 1.33. The molecule has 0 aromatic carbocycles. The van der Waals surface area contributed by atoms with E-state index >= 15 is 0 Å². The Morgan fingerprint density at radius 3 is 2.52 bits per heavy atom. The summed E-state index contributed by atoms with van der Waals surface area (Å²) in [4.78, 5) is 22.6. The summed E-state index contributed by atoms with van der Waals surface area (Å²) in [5.74, 6) is -0.260. The highest BCUT2D eigenvalue weighted by Crippen LogP contribution is 2.16. The first-order valence-electron chi connectivity index (χ1n) is 7.33. The number of amides is 1. The Balaban J connectivity index is 0.00000220. The fourth-order valence-corrected chi connectivity index (χ4v) is 2.50. The average Bonchev–Trinajstić information content (AvgIpc) is 2.73. The molecule has 1 aromatic rings. The van der Waals surface area contributed by atoms with Gasteiger partial charge in [0.1, 0.15) is 5.69 Å². The second kappa shape index (κ2) is 9.52. The Kier molecular flexibility index (Phi) is 8.00. The molecule has 0 unspecified atom stereocenters. The van der Waals surface area contributed by atoms with E-state index in [-0.39, 0.29) is 29.6 Å². The normalized spacial score (nSPS) is 15.8. The minimum Gasteiger partial charge on any atom is -0.349 e. The molecule has 1 aliphatic carbocycles. The van der Waals surface area contributed by atoms with E-state index in [0.717, 1.165) is 6.54 Å². The Morgan fingerprint density at radius 1 is 1.19 bits per heavy atom. The second-order valence-corrected chi connectivity index (χ2v) is 5.20. The predicted molar refractivity (Wildman–Crippen MR) is 83.9 cm³/mol. The van der Waals surface area contributed by atoms with Crippen LogP contribution in [0.1, 0.15) is 49.0 Å². The van der Waals surface area contributed by atoms with Gasteiger partial charge in [-0.3, -0.25) is 9.59 Å². The van der Waals surface area contributed by atoms with Gasteiger partial charge in [0.05, 0.1) is 0 Å². The topological polar surface area (TPSA) is 86.9 Å². The smallest absolute Gasteiger partial charge is 0.271 e. The number of aromatic nitrogens is 2. The van der Waals surface area contributed by atoms with Crippen LogP contribution in [0.4, 0.5) is 0 Å². The number of nitrogens with zero attached hydrogens (tertiary/aromatic N) is 1. The quantitative estimate of drug-likeness (QED) is 0.563. The van der Waals surface area contributed by atoms with Crippen molar-refractivity contribution in [2.75, 3.05) is 13.1 Å². The lowest BCUT2D eigenvalue weighted by atomic mass is 10.1. The van der Waals surface area contributed by atoms with E-state index in [2.05, 4.69) is 20.8 Å². The van der Waals surface area contributed by atoms with Gasteiger partial charge in [-0.15, -0.1) is 12.4 Å². The van der Waals surface area contributed by atoms with Gasteiger partial charge in [-0.2, -0.15) is 5.10 Å². The number of carbonyl (C=O) groups excluding carboxylic acids is 1. The van der Waals surface area contributed by atoms with Crippen LogP contribution in [-0.4, -0.2) is 35.2 Å². The molecule has 0 atom stereocenters. The second-order valence-electron chi connectivity index (χ2n) is 5.20. The molecule has 118 valence electrons. The van der Waals surface area contributed by atoms with Gasteiger partial charge in [-0.25, -0.2) is 5.10 Å². The molecule has 1 fully saturated rings. The summed E-state index contributed by atoms with van der Waals surface area (Å²) in [5, 5.41) is 12.2. The van der Waals surface area contributed by atoms with E-state index in [1.807, 2.05) is 0 Å². The maximum Gasteiger partial charge on any atom is 0.271 e. The SMILES string of the molecule is Cl.O=C(NCCNC1CCCCCC1)c1ccc(=O)[nH]n1. The average molecular weight is 315 g/mol. The van der Waals surface area contributed by atoms with Crippen molar-refractivity contribution in [3.8, 4) is 0 Å². The molecule has 1 aromatic heterocycles. The number of rotatable bonds is 5. The van der Waals surface area contributed by atoms with Crippen LogP contribution in [0.3, 0.4) is 0 Å². The molecule has 1 aliphatic rings. The van der Waals surface area contributed by atoms with Crippen molar-refractivity contribution >= 4 is 18.3 Å². The summed E-state index contributed by atoms with van der Waals surface area (Å²) in [7, 11) is 0. The Labute approximate surface area is 130 Å². The molecule has 0 spiro atoms. The highest BCUT2D eigenvalue weighted by atomic mass is 35.5. The molecule has 1 heterocycles. The molecular weight excluding hydrogens is 292 g/mol. The van der Waals surface area contributed by atoms with Gasteiger partial charge >= 0.3 is 0 Å². The molecule has 1 saturated carbocycles. The third-order valence-electron chi connectivity index (χ3n) is 3.61. The first-order valence-corrected chi connectivity index (χ1v) is 7.33. The third kappa shape index (κ3) is 6.27. The summed E-state index contributed by atoms with van der Waals surface area (Å²) in [6.07, 6.45) is 7.74. The zero-order valence-corrected chi connectivity index (χ0v) is 12.9. The van der Waals surface area contributed by atoms with E-state index in [1.165, 1.54) is 50.7 Å². The summed E-state index contributed by atoms with van der Waals surface area (Å²) >= 11 is 0. The molecule has 0 saturated heterocycles. The van der Waals surface area contributed by atoms with Gasteiger partial charge < -0.3 is 10.6 Å². The standard InChI is InChI=1S/C14H22N4O2.ClH/c19-13-8-7-12(17-18-13)14(20)16-10-9-15-11-5-3-1-2-4-6-11;/h7-8,11,15H,1-6,9-10H2,(H,16,20)(H,18,19);1H. The van der Waals surface area contributed by atoms with Gasteiger partial charge in [0, 0.05) is 25.2 Å². The predicted octanol–water partition coefficient (Wildman–Crippen LogP) is 1.23. The molecule has 7 heteroatoms. The Morgan fingerprint density at radius 2 is 1.90 bits per heavy atom. The first kappa shape index (κ1) is 17.7. The van der Waals surface area contributed by atoms with Gasteiger partial charge in [-0.1, -0.05) is 25.7 Å². The van der Waals surface area contributed by atoms with Crippen molar-refractivity contribution in [3.05, 3.63) is 28.2 Å². The first-order chi connectivity index (χ1) is 9.75. The third-order valence-corrected chi connectivity index (χ3v) is 3.61. The summed E-state index contributed by atoms with van der Waals surface area (Å²) < 4.78 is 0. The lowest BCUT2D eigenvalue weighted by Crippen LogP contribution is -2.37. The zero-order valence-electron chi connectivity index (χ0n) is 12.1. The van der Waals surface area contributed by atoms with E-state index in [4.69, 9.17) is 0 Å². The maximum atomic E-state index is 11.7. The van der Waals surface area contributed by atoms with Crippen molar-refractivity contribution < 1.29 is 4.79 Å². The van der Waals surface area contributed by atoms with Crippen LogP contribution in [-0.2, 0) is 0 Å². The molecule has 3 N–H and O–H groups in total. The van der Waals surface area contributed by atoms with Crippen LogP contribution < -0.4 is 16.2 Å². The largest absolute Gasteiger partial charge is 0.349 e. The lowest BCUT2D eigenvalue weighted by molar-refractivity contribution is 0.0947. The van der Waals surface area contributed by atoms with Crippen molar-refractivity contribution in [2.45, 2.75) is 44.6 Å². The van der Waals surface area contributed by atoms with Crippen LogP contribution in [0.25, 0.3) is 0 Å². The molecular formula is C14H23ClN4O2. The van der Waals surface area contributed by atoms with E-state index in [1.54, 1.807) is 0 Å². The minimum atomic E-state index is -0.309. The molecule has 0 bridgehead atoms. The summed E-state index contributed by atoms with van der Waals surface area (Å²) in [5.41, 5.74) is -0.0735. The number of aromatic amines is 1. The zero-order chi connectivity index (χ0) is 14.2. The van der Waals surface area contributed by atoms with E-state index < -0.39 is 0 Å². The number of hydrogen-bond acceptors (Lipinski definition) is 4. The Bertz CT molecular complexity index is 464. The van der Waals surface area contributed by atoms with Crippen LogP contribution in [0.5, 0.6) is 0 Å². The number of carbonyl (C=O) groups is 1. The fraction of sp³-hybridized carbons (Fsp3) is 0.643. The van der Waals surface area contributed by atoms with Crippen molar-refractivity contribution in [1.82, 2.24) is 20.8 Å².